The molecular formula is C46H80NO9P. The Bertz CT molecular complexity index is 1220. The molecule has 0 saturated carbocycles. The van der Waals surface area contributed by atoms with Gasteiger partial charge < -0.3 is 33.0 Å². The molecule has 11 heteroatoms. The Hall–Kier alpha value is -2.59. The molecule has 328 valence electrons. The van der Waals surface area contributed by atoms with Gasteiger partial charge in [0.25, 0.3) is 7.82 Å². The molecule has 0 aliphatic carbocycles. The van der Waals surface area contributed by atoms with E-state index in [0.29, 0.717) is 30.3 Å². The fourth-order valence-corrected chi connectivity index (χ4v) is 6.11. The quantitative estimate of drug-likeness (QED) is 0.0161. The predicted octanol–water partition coefficient (Wildman–Crippen LogP) is 10.6. The number of phosphoric ester groups is 1. The van der Waals surface area contributed by atoms with Crippen molar-refractivity contribution >= 4 is 19.8 Å². The molecule has 3 atom stereocenters. The number of nitrogens with zero attached hydrogens (tertiary/aromatic N) is 1. The van der Waals surface area contributed by atoms with Crippen LogP contribution in [0.3, 0.4) is 0 Å². The Morgan fingerprint density at radius 3 is 1.84 bits per heavy atom. The van der Waals surface area contributed by atoms with Crippen molar-refractivity contribution < 1.29 is 47.2 Å². The average molecular weight is 822 g/mol. The van der Waals surface area contributed by atoms with Gasteiger partial charge in [-0.3, -0.25) is 14.2 Å². The molecule has 0 spiro atoms. The van der Waals surface area contributed by atoms with Gasteiger partial charge in [-0.25, -0.2) is 0 Å². The largest absolute Gasteiger partial charge is 0.756 e. The van der Waals surface area contributed by atoms with Crippen molar-refractivity contribution in [3.63, 3.8) is 0 Å². The third-order valence-corrected chi connectivity index (χ3v) is 9.78. The van der Waals surface area contributed by atoms with Crippen LogP contribution in [-0.2, 0) is 32.7 Å². The molecule has 0 amide bonds. The summed E-state index contributed by atoms with van der Waals surface area (Å²) in [5.41, 5.74) is 0. The van der Waals surface area contributed by atoms with E-state index in [2.05, 4.69) is 62.5 Å². The number of phosphoric acid groups is 1. The summed E-state index contributed by atoms with van der Waals surface area (Å²) < 4.78 is 33.7. The topological polar surface area (TPSA) is 131 Å². The molecule has 0 fully saturated rings. The van der Waals surface area contributed by atoms with E-state index in [1.165, 1.54) is 38.5 Å². The molecule has 2 unspecified atom stereocenters. The van der Waals surface area contributed by atoms with Crippen molar-refractivity contribution in [2.24, 2.45) is 0 Å². The van der Waals surface area contributed by atoms with Crippen LogP contribution in [0.5, 0.6) is 0 Å². The molecular weight excluding hydrogens is 741 g/mol. The van der Waals surface area contributed by atoms with E-state index in [4.69, 9.17) is 18.5 Å². The van der Waals surface area contributed by atoms with Crippen molar-refractivity contribution in [3.05, 3.63) is 72.9 Å². The van der Waals surface area contributed by atoms with Gasteiger partial charge in [0.1, 0.15) is 19.8 Å². The number of ether oxygens (including phenoxy) is 2. The number of unbranched alkanes of at least 4 members (excludes halogenated alkanes) is 11. The zero-order chi connectivity index (χ0) is 42.3. The molecule has 0 saturated heterocycles. The van der Waals surface area contributed by atoms with Gasteiger partial charge in [-0.2, -0.15) is 0 Å². The molecule has 0 heterocycles. The first-order valence-electron chi connectivity index (χ1n) is 21.8. The van der Waals surface area contributed by atoms with Gasteiger partial charge in [0.15, 0.2) is 6.10 Å². The Balaban J connectivity index is 4.59. The molecule has 0 aromatic heterocycles. The molecule has 1 N–H and O–H groups in total. The SMILES string of the molecule is CC/C=C\C/C=C\C/C=C\C/C=C\C=C\C(O)CCCC(=O)OC[C@H](COP(=O)([O-])OCC[N+](C)(C)C)OC(=O)CCCCCCC/C=C\CCCCCCCC. The first-order valence-corrected chi connectivity index (χ1v) is 23.2. The van der Waals surface area contributed by atoms with Crippen LogP contribution in [0.4, 0.5) is 0 Å². The van der Waals surface area contributed by atoms with Crippen LogP contribution >= 0.6 is 7.82 Å². The molecule has 0 aliphatic rings. The average Bonchev–Trinajstić information content (AvgIpc) is 3.15. The van der Waals surface area contributed by atoms with Gasteiger partial charge in [-0.1, -0.05) is 138 Å². The molecule has 0 aromatic carbocycles. The highest BCUT2D eigenvalue weighted by atomic mass is 31.2. The Morgan fingerprint density at radius 2 is 1.23 bits per heavy atom. The standard InChI is InChI=1S/C46H80NO9P/c1-6-8-10-12-14-16-18-20-21-23-25-27-29-31-33-37-46(50)56-44(42-55-57(51,52)54-40-39-47(3,4)5)41-53-45(49)38-34-36-43(48)35-32-30-28-26-24-22-19-17-15-13-11-9-7-2/h9,11,15,17,20-22,24,28,30,32,35,43-44,48H,6-8,10,12-14,16,18-19,23,25-27,29,31,33-34,36-42H2,1-5H3/b11-9-,17-15-,21-20-,24-22-,30-28-,35-32+/t43?,44-/m1/s1. The lowest BCUT2D eigenvalue weighted by Crippen LogP contribution is -2.37. The number of hydrogen-bond donors (Lipinski definition) is 1. The van der Waals surface area contributed by atoms with Gasteiger partial charge >= 0.3 is 11.9 Å². The second kappa shape index (κ2) is 37.7. The van der Waals surface area contributed by atoms with Crippen molar-refractivity contribution in [3.8, 4) is 0 Å². The predicted molar refractivity (Wildman–Crippen MR) is 232 cm³/mol. The Kier molecular flexibility index (Phi) is 36.0. The van der Waals surface area contributed by atoms with Crippen molar-refractivity contribution in [2.75, 3.05) is 47.5 Å². The van der Waals surface area contributed by atoms with Crippen LogP contribution in [0.25, 0.3) is 0 Å². The summed E-state index contributed by atoms with van der Waals surface area (Å²) in [5, 5.41) is 10.3. The minimum atomic E-state index is -4.68. The number of aliphatic hydroxyl groups is 1. The fraction of sp³-hybridized carbons (Fsp3) is 0.696. The molecule has 0 aromatic rings. The normalized spacial score (nSPS) is 14.9. The molecule has 0 bridgehead atoms. The van der Waals surface area contributed by atoms with Crippen LogP contribution in [0, 0.1) is 0 Å². The maximum absolute atomic E-state index is 12.7. The van der Waals surface area contributed by atoms with Crippen LogP contribution in [0.1, 0.15) is 149 Å². The lowest BCUT2D eigenvalue weighted by Gasteiger charge is -2.28. The lowest BCUT2D eigenvalue weighted by atomic mass is 10.1. The van der Waals surface area contributed by atoms with Gasteiger partial charge in [0.05, 0.1) is 33.9 Å². The van der Waals surface area contributed by atoms with Crippen molar-refractivity contribution in [1.29, 1.82) is 0 Å². The number of rotatable bonds is 38. The number of allylic oxidation sites excluding steroid dienone is 11. The summed E-state index contributed by atoms with van der Waals surface area (Å²) in [5.74, 6) is -1.06. The number of carbonyl (C=O) groups excluding carboxylic acids is 2. The highest BCUT2D eigenvalue weighted by Gasteiger charge is 2.21. The van der Waals surface area contributed by atoms with Crippen LogP contribution in [0.15, 0.2) is 72.9 Å². The summed E-state index contributed by atoms with van der Waals surface area (Å²) in [6.45, 7) is 3.85. The summed E-state index contributed by atoms with van der Waals surface area (Å²) in [6, 6.07) is 0. The smallest absolute Gasteiger partial charge is 0.306 e. The lowest BCUT2D eigenvalue weighted by molar-refractivity contribution is -0.870. The Labute approximate surface area is 347 Å². The van der Waals surface area contributed by atoms with Gasteiger partial charge in [-0.15, -0.1) is 0 Å². The fourth-order valence-electron chi connectivity index (χ4n) is 5.38. The van der Waals surface area contributed by atoms with E-state index in [9.17, 15) is 24.2 Å². The van der Waals surface area contributed by atoms with Gasteiger partial charge in [-0.05, 0) is 70.6 Å². The third kappa shape index (κ3) is 41.4. The third-order valence-electron chi connectivity index (χ3n) is 8.81. The van der Waals surface area contributed by atoms with E-state index in [-0.39, 0.29) is 26.1 Å². The summed E-state index contributed by atoms with van der Waals surface area (Å²) in [6.07, 6.45) is 42.5. The first-order chi connectivity index (χ1) is 27.4. The highest BCUT2D eigenvalue weighted by Crippen LogP contribution is 2.38. The van der Waals surface area contributed by atoms with Crippen LogP contribution < -0.4 is 4.89 Å². The second-order valence-corrected chi connectivity index (χ2v) is 16.9. The number of carbonyl (C=O) groups is 2. The minimum absolute atomic E-state index is 0.0412. The van der Waals surface area contributed by atoms with E-state index >= 15 is 0 Å². The number of esters is 2. The zero-order valence-corrected chi connectivity index (χ0v) is 37.3. The molecule has 0 radical (unpaired) electrons. The van der Waals surface area contributed by atoms with Crippen molar-refractivity contribution in [1.82, 2.24) is 0 Å². The minimum Gasteiger partial charge on any atom is -0.756 e. The van der Waals surface area contributed by atoms with Crippen LogP contribution in [-0.4, -0.2) is 81.2 Å². The maximum Gasteiger partial charge on any atom is 0.306 e. The number of aliphatic hydroxyl groups excluding tert-OH is 1. The van der Waals surface area contributed by atoms with Gasteiger partial charge in [0, 0.05) is 12.8 Å². The zero-order valence-electron chi connectivity index (χ0n) is 36.4. The first kappa shape index (κ1) is 54.4. The summed E-state index contributed by atoms with van der Waals surface area (Å²) >= 11 is 0. The van der Waals surface area contributed by atoms with E-state index in [0.717, 1.165) is 64.2 Å². The molecule has 0 rings (SSSR count). The van der Waals surface area contributed by atoms with E-state index in [1.807, 2.05) is 33.3 Å². The van der Waals surface area contributed by atoms with E-state index in [1.54, 1.807) is 12.2 Å². The number of likely N-dealkylation sites (N-methyl/N-ethyl adjacent to an activating group) is 1. The Morgan fingerprint density at radius 1 is 0.667 bits per heavy atom. The maximum atomic E-state index is 12.7. The van der Waals surface area contributed by atoms with E-state index < -0.39 is 38.6 Å². The molecule has 0 aliphatic heterocycles. The van der Waals surface area contributed by atoms with Crippen molar-refractivity contribution in [2.45, 2.75) is 161 Å². The molecule has 10 nitrogen and oxygen atoms in total. The number of quaternary nitrogens is 1. The summed E-state index contributed by atoms with van der Waals surface area (Å²) in [4.78, 5) is 37.5. The van der Waals surface area contributed by atoms with Crippen LogP contribution in [0.2, 0.25) is 0 Å². The second-order valence-electron chi connectivity index (χ2n) is 15.5. The highest BCUT2D eigenvalue weighted by molar-refractivity contribution is 7.45. The monoisotopic (exact) mass is 822 g/mol. The molecule has 57 heavy (non-hydrogen) atoms. The number of hydrogen-bond acceptors (Lipinski definition) is 9. The van der Waals surface area contributed by atoms with Gasteiger partial charge in [0.2, 0.25) is 0 Å². The summed E-state index contributed by atoms with van der Waals surface area (Å²) in [7, 11) is 1.05.